The quantitative estimate of drug-likeness (QED) is 0.664. The molecule has 1 N–H and O–H groups in total. The molecule has 0 radical (unpaired) electrons. The monoisotopic (exact) mass is 449 g/mol. The highest BCUT2D eigenvalue weighted by atomic mass is 127. The third kappa shape index (κ3) is 3.84. The Kier molecular flexibility index (Phi) is 4.67. The van der Waals surface area contributed by atoms with Gasteiger partial charge in [-0.25, -0.2) is 0 Å². The molecule has 0 aliphatic heterocycles. The average Bonchev–Trinajstić information content (AvgIpc) is 2.33. The van der Waals surface area contributed by atoms with E-state index in [1.54, 1.807) is 0 Å². The van der Waals surface area contributed by atoms with Crippen molar-refractivity contribution in [3.63, 3.8) is 0 Å². The van der Waals surface area contributed by atoms with Crippen LogP contribution in [0.4, 0.5) is 5.69 Å². The van der Waals surface area contributed by atoms with Gasteiger partial charge >= 0.3 is 0 Å². The fraction of sp³-hybridized carbons (Fsp3) is 0.143. The van der Waals surface area contributed by atoms with Gasteiger partial charge in [-0.15, -0.1) is 0 Å². The molecular weight excluding hydrogens is 436 g/mol. The topological polar surface area (TPSA) is 12.0 Å². The van der Waals surface area contributed by atoms with Gasteiger partial charge in [0.25, 0.3) is 0 Å². The first-order chi connectivity index (χ1) is 8.15. The Labute approximate surface area is 129 Å². The van der Waals surface area contributed by atoms with Crippen molar-refractivity contribution in [2.75, 3.05) is 5.32 Å². The van der Waals surface area contributed by atoms with Gasteiger partial charge in [0.05, 0.1) is 0 Å². The number of hydrogen-bond donors (Lipinski definition) is 1. The highest BCUT2D eigenvalue weighted by Crippen LogP contribution is 2.18. The molecule has 0 heterocycles. The molecule has 88 valence electrons. The highest BCUT2D eigenvalue weighted by molar-refractivity contribution is 14.1. The summed E-state index contributed by atoms with van der Waals surface area (Å²) in [7, 11) is 0. The van der Waals surface area contributed by atoms with E-state index in [4.69, 9.17) is 0 Å². The summed E-state index contributed by atoms with van der Waals surface area (Å²) in [6, 6.07) is 15.1. The van der Waals surface area contributed by atoms with E-state index in [0.717, 1.165) is 6.54 Å². The van der Waals surface area contributed by atoms with Crippen molar-refractivity contribution in [1.82, 2.24) is 0 Å². The summed E-state index contributed by atoms with van der Waals surface area (Å²) >= 11 is 4.69. The molecule has 0 aliphatic carbocycles. The van der Waals surface area contributed by atoms with Crippen molar-refractivity contribution in [2.45, 2.75) is 13.5 Å². The minimum absolute atomic E-state index is 0.871. The normalized spacial score (nSPS) is 10.3. The summed E-state index contributed by atoms with van der Waals surface area (Å²) in [5.41, 5.74) is 3.81. The first-order valence-electron chi connectivity index (χ1n) is 5.39. The van der Waals surface area contributed by atoms with E-state index in [1.165, 1.54) is 24.0 Å². The van der Waals surface area contributed by atoms with Crippen molar-refractivity contribution in [1.29, 1.82) is 0 Å². The molecule has 0 fully saturated rings. The predicted octanol–water partition coefficient (Wildman–Crippen LogP) is 4.82. The van der Waals surface area contributed by atoms with Crippen LogP contribution in [0.15, 0.2) is 42.5 Å². The summed E-state index contributed by atoms with van der Waals surface area (Å²) < 4.78 is 2.58. The van der Waals surface area contributed by atoms with Crippen LogP contribution in [0, 0.1) is 14.1 Å². The van der Waals surface area contributed by atoms with Crippen LogP contribution in [0.25, 0.3) is 0 Å². The fourth-order valence-corrected chi connectivity index (χ4v) is 2.38. The van der Waals surface area contributed by atoms with Crippen molar-refractivity contribution in [3.8, 4) is 0 Å². The first-order valence-corrected chi connectivity index (χ1v) is 7.55. The van der Waals surface area contributed by atoms with E-state index in [1.807, 2.05) is 0 Å². The Balaban J connectivity index is 2.02. The van der Waals surface area contributed by atoms with Crippen LogP contribution in [0.1, 0.15) is 11.1 Å². The molecule has 0 amide bonds. The second kappa shape index (κ2) is 6.04. The molecule has 0 unspecified atom stereocenters. The van der Waals surface area contributed by atoms with E-state index in [2.05, 4.69) is 99.9 Å². The van der Waals surface area contributed by atoms with Crippen LogP contribution >= 0.6 is 45.2 Å². The van der Waals surface area contributed by atoms with Gasteiger partial charge in [0.15, 0.2) is 0 Å². The first kappa shape index (κ1) is 13.1. The smallest absolute Gasteiger partial charge is 0.0400 e. The number of aryl methyl sites for hydroxylation is 1. The molecule has 0 aromatic heterocycles. The van der Waals surface area contributed by atoms with Crippen LogP contribution in [0.5, 0.6) is 0 Å². The van der Waals surface area contributed by atoms with Gasteiger partial charge in [-0.05, 0) is 87.5 Å². The molecule has 0 aliphatic rings. The van der Waals surface area contributed by atoms with E-state index >= 15 is 0 Å². The van der Waals surface area contributed by atoms with Crippen molar-refractivity contribution in [3.05, 3.63) is 60.7 Å². The van der Waals surface area contributed by atoms with Gasteiger partial charge < -0.3 is 5.32 Å². The Morgan fingerprint density at radius 1 is 1.00 bits per heavy atom. The van der Waals surface area contributed by atoms with Gasteiger partial charge in [0, 0.05) is 19.4 Å². The maximum Gasteiger partial charge on any atom is 0.0400 e. The number of nitrogens with one attached hydrogen (secondary N) is 1. The van der Waals surface area contributed by atoms with Gasteiger partial charge in [-0.2, -0.15) is 0 Å². The Bertz CT molecular complexity index is 506. The minimum atomic E-state index is 0.871. The Hall–Kier alpha value is -0.300. The number of halogens is 2. The number of hydrogen-bond acceptors (Lipinski definition) is 1. The maximum atomic E-state index is 3.44. The molecule has 17 heavy (non-hydrogen) atoms. The lowest BCUT2D eigenvalue weighted by molar-refractivity contribution is 1.14. The highest BCUT2D eigenvalue weighted by Gasteiger charge is 1.97. The minimum Gasteiger partial charge on any atom is -0.381 e. The summed E-state index contributed by atoms with van der Waals surface area (Å²) in [6.45, 7) is 3.00. The second-order valence-electron chi connectivity index (χ2n) is 3.94. The third-order valence-corrected chi connectivity index (χ3v) is 4.46. The summed E-state index contributed by atoms with van der Waals surface area (Å²) in [5.74, 6) is 0. The number of benzene rings is 2. The lowest BCUT2D eigenvalue weighted by atomic mass is 10.2. The van der Waals surface area contributed by atoms with E-state index in [9.17, 15) is 0 Å². The van der Waals surface area contributed by atoms with Gasteiger partial charge in [0.1, 0.15) is 0 Å². The van der Waals surface area contributed by atoms with Gasteiger partial charge in [-0.1, -0.05) is 18.2 Å². The molecule has 0 atom stereocenters. The lowest BCUT2D eigenvalue weighted by Gasteiger charge is -2.08. The van der Waals surface area contributed by atoms with Crippen molar-refractivity contribution >= 4 is 50.9 Å². The number of rotatable bonds is 3. The van der Waals surface area contributed by atoms with E-state index < -0.39 is 0 Å². The van der Waals surface area contributed by atoms with Crippen LogP contribution in [-0.4, -0.2) is 0 Å². The molecule has 2 aromatic carbocycles. The zero-order valence-corrected chi connectivity index (χ0v) is 13.8. The zero-order valence-electron chi connectivity index (χ0n) is 9.50. The maximum absolute atomic E-state index is 3.44. The Morgan fingerprint density at radius 3 is 2.35 bits per heavy atom. The van der Waals surface area contributed by atoms with Crippen LogP contribution in [-0.2, 0) is 6.54 Å². The average molecular weight is 449 g/mol. The largest absolute Gasteiger partial charge is 0.381 e. The molecule has 2 aromatic rings. The molecule has 0 spiro atoms. The number of anilines is 1. The third-order valence-electron chi connectivity index (χ3n) is 2.58. The molecule has 0 saturated carbocycles. The summed E-state index contributed by atoms with van der Waals surface area (Å²) in [6.07, 6.45) is 0. The van der Waals surface area contributed by atoms with Crippen LogP contribution < -0.4 is 5.32 Å². The van der Waals surface area contributed by atoms with Crippen LogP contribution in [0.3, 0.4) is 0 Å². The van der Waals surface area contributed by atoms with E-state index in [0.29, 0.717) is 0 Å². The van der Waals surface area contributed by atoms with Gasteiger partial charge in [0.2, 0.25) is 0 Å². The van der Waals surface area contributed by atoms with Gasteiger partial charge in [-0.3, -0.25) is 0 Å². The SMILES string of the molecule is Cc1ccc(NCc2ccc(I)cc2)cc1I. The molecule has 3 heteroatoms. The molecule has 0 saturated heterocycles. The van der Waals surface area contributed by atoms with E-state index in [-0.39, 0.29) is 0 Å². The lowest BCUT2D eigenvalue weighted by Crippen LogP contribution is -1.99. The molecule has 1 nitrogen and oxygen atoms in total. The molecule has 0 bridgehead atoms. The summed E-state index contributed by atoms with van der Waals surface area (Å²) in [4.78, 5) is 0. The zero-order chi connectivity index (χ0) is 12.3. The summed E-state index contributed by atoms with van der Waals surface area (Å²) in [5, 5.41) is 3.44. The van der Waals surface area contributed by atoms with Crippen molar-refractivity contribution < 1.29 is 0 Å². The second-order valence-corrected chi connectivity index (χ2v) is 6.35. The Morgan fingerprint density at radius 2 is 1.71 bits per heavy atom. The molecular formula is C14H13I2N. The van der Waals surface area contributed by atoms with Crippen molar-refractivity contribution in [2.24, 2.45) is 0 Å². The molecule has 2 rings (SSSR count). The van der Waals surface area contributed by atoms with Crippen LogP contribution in [0.2, 0.25) is 0 Å². The standard InChI is InChI=1S/C14H13I2N/c1-10-2-7-13(8-14(10)16)17-9-11-3-5-12(15)6-4-11/h2-8,17H,9H2,1H3. The fourth-order valence-electron chi connectivity index (χ4n) is 1.51. The predicted molar refractivity (Wildman–Crippen MR) is 90.4 cm³/mol.